The van der Waals surface area contributed by atoms with Crippen molar-refractivity contribution in [3.63, 3.8) is 0 Å². The van der Waals surface area contributed by atoms with Gasteiger partial charge >= 0.3 is 0 Å². The van der Waals surface area contributed by atoms with Gasteiger partial charge in [0.05, 0.1) is 0 Å². The second-order valence-corrected chi connectivity index (χ2v) is 5.23. The van der Waals surface area contributed by atoms with Gasteiger partial charge in [0.25, 0.3) is 5.91 Å². The van der Waals surface area contributed by atoms with Gasteiger partial charge in [0.1, 0.15) is 17.2 Å². The molecule has 0 N–H and O–H groups in total. The fourth-order valence-corrected chi connectivity index (χ4v) is 2.06. The van der Waals surface area contributed by atoms with E-state index >= 15 is 0 Å². The third kappa shape index (κ3) is 3.25. The molecule has 0 aliphatic rings. The van der Waals surface area contributed by atoms with Crippen molar-refractivity contribution in [1.82, 2.24) is 4.90 Å². The molecule has 0 spiro atoms. The molecular weight excluding hydrogens is 360 g/mol. The maximum absolute atomic E-state index is 13.6. The standard InChI is InChI=1S/C11H11Br2F2NO/c1-6(5-12)16(2)11(17)10-8(14)3-7(13)4-9(10)15/h3-4,6H,5H2,1-2H3. The van der Waals surface area contributed by atoms with Gasteiger partial charge < -0.3 is 4.90 Å². The van der Waals surface area contributed by atoms with Crippen LogP contribution in [0.15, 0.2) is 16.6 Å². The molecule has 1 amide bonds. The number of amides is 1. The Balaban J connectivity index is 3.13. The van der Waals surface area contributed by atoms with Crippen LogP contribution in [0.3, 0.4) is 0 Å². The smallest absolute Gasteiger partial charge is 0.259 e. The maximum Gasteiger partial charge on any atom is 0.259 e. The summed E-state index contributed by atoms with van der Waals surface area (Å²) >= 11 is 6.18. The van der Waals surface area contributed by atoms with Crippen molar-refractivity contribution in [2.24, 2.45) is 0 Å². The van der Waals surface area contributed by atoms with Crippen molar-refractivity contribution in [3.8, 4) is 0 Å². The van der Waals surface area contributed by atoms with Gasteiger partial charge in [-0.25, -0.2) is 8.78 Å². The minimum atomic E-state index is -0.865. The van der Waals surface area contributed by atoms with Crippen LogP contribution in [-0.4, -0.2) is 29.2 Å². The molecule has 0 saturated heterocycles. The zero-order valence-corrected chi connectivity index (χ0v) is 12.5. The summed E-state index contributed by atoms with van der Waals surface area (Å²) in [6.07, 6.45) is 0. The van der Waals surface area contributed by atoms with Gasteiger partial charge in [-0.3, -0.25) is 4.79 Å². The van der Waals surface area contributed by atoms with Crippen molar-refractivity contribution >= 4 is 37.8 Å². The number of hydrogen-bond acceptors (Lipinski definition) is 1. The lowest BCUT2D eigenvalue weighted by Gasteiger charge is -2.23. The Kier molecular flexibility index (Phi) is 5.06. The van der Waals surface area contributed by atoms with Gasteiger partial charge in [-0.05, 0) is 19.1 Å². The second kappa shape index (κ2) is 5.91. The lowest BCUT2D eigenvalue weighted by molar-refractivity contribution is 0.0748. The number of nitrogens with zero attached hydrogens (tertiary/aromatic N) is 1. The van der Waals surface area contributed by atoms with E-state index in [9.17, 15) is 13.6 Å². The summed E-state index contributed by atoms with van der Waals surface area (Å²) in [4.78, 5) is 13.2. The minimum absolute atomic E-state index is 0.148. The highest BCUT2D eigenvalue weighted by atomic mass is 79.9. The van der Waals surface area contributed by atoms with Crippen LogP contribution in [-0.2, 0) is 0 Å². The molecule has 1 aromatic rings. The largest absolute Gasteiger partial charge is 0.338 e. The predicted molar refractivity (Wildman–Crippen MR) is 69.4 cm³/mol. The molecule has 0 aliphatic heterocycles. The normalized spacial score (nSPS) is 12.4. The van der Waals surface area contributed by atoms with Gasteiger partial charge in [0.2, 0.25) is 0 Å². The first-order valence-electron chi connectivity index (χ1n) is 4.86. The molecule has 2 nitrogen and oxygen atoms in total. The number of rotatable bonds is 3. The van der Waals surface area contributed by atoms with Crippen LogP contribution >= 0.6 is 31.9 Å². The molecule has 17 heavy (non-hydrogen) atoms. The highest BCUT2D eigenvalue weighted by Crippen LogP contribution is 2.21. The molecule has 1 atom stereocenters. The number of carbonyl (C=O) groups excluding carboxylic acids is 1. The van der Waals surface area contributed by atoms with Gasteiger partial charge in [-0.15, -0.1) is 0 Å². The first-order valence-corrected chi connectivity index (χ1v) is 6.77. The number of halogens is 4. The highest BCUT2D eigenvalue weighted by molar-refractivity contribution is 9.10. The molecule has 1 aromatic carbocycles. The van der Waals surface area contributed by atoms with Gasteiger partial charge in [-0.2, -0.15) is 0 Å². The number of alkyl halides is 1. The zero-order valence-electron chi connectivity index (χ0n) is 9.31. The fourth-order valence-electron chi connectivity index (χ4n) is 1.23. The Hall–Kier alpha value is -0.490. The summed E-state index contributed by atoms with van der Waals surface area (Å²) in [6.45, 7) is 1.78. The van der Waals surface area contributed by atoms with E-state index in [1.165, 1.54) is 11.9 Å². The van der Waals surface area contributed by atoms with E-state index in [0.717, 1.165) is 12.1 Å². The van der Waals surface area contributed by atoms with Crippen molar-refractivity contribution in [1.29, 1.82) is 0 Å². The summed E-state index contributed by atoms with van der Waals surface area (Å²) in [5.41, 5.74) is -0.525. The summed E-state index contributed by atoms with van der Waals surface area (Å²) in [7, 11) is 1.51. The Morgan fingerprint density at radius 2 is 1.88 bits per heavy atom. The molecule has 0 saturated carbocycles. The summed E-state index contributed by atoms with van der Waals surface area (Å²) in [5.74, 6) is -2.40. The average Bonchev–Trinajstić information content (AvgIpc) is 2.25. The van der Waals surface area contributed by atoms with E-state index in [0.29, 0.717) is 5.33 Å². The molecule has 0 aliphatic carbocycles. The van der Waals surface area contributed by atoms with Crippen LogP contribution in [0, 0.1) is 11.6 Å². The van der Waals surface area contributed by atoms with Crippen LogP contribution in [0.2, 0.25) is 0 Å². The van der Waals surface area contributed by atoms with E-state index < -0.39 is 23.1 Å². The maximum atomic E-state index is 13.6. The first-order chi connectivity index (χ1) is 7.88. The lowest BCUT2D eigenvalue weighted by atomic mass is 10.1. The van der Waals surface area contributed by atoms with Crippen LogP contribution in [0.25, 0.3) is 0 Å². The van der Waals surface area contributed by atoms with E-state index in [4.69, 9.17) is 0 Å². The number of hydrogen-bond donors (Lipinski definition) is 0. The molecule has 0 aromatic heterocycles. The van der Waals surface area contributed by atoms with Crippen molar-refractivity contribution in [2.45, 2.75) is 13.0 Å². The number of benzene rings is 1. The van der Waals surface area contributed by atoms with Crippen molar-refractivity contribution < 1.29 is 13.6 Å². The second-order valence-electron chi connectivity index (χ2n) is 3.66. The van der Waals surface area contributed by atoms with E-state index in [2.05, 4.69) is 31.9 Å². The quantitative estimate of drug-likeness (QED) is 0.744. The fraction of sp³-hybridized carbons (Fsp3) is 0.364. The molecule has 94 valence electrons. The van der Waals surface area contributed by atoms with Gasteiger partial charge in [0.15, 0.2) is 0 Å². The van der Waals surface area contributed by atoms with E-state index in [1.807, 2.05) is 0 Å². The lowest BCUT2D eigenvalue weighted by Crippen LogP contribution is -2.37. The Bertz CT molecular complexity index is 416. The van der Waals surface area contributed by atoms with E-state index in [-0.39, 0.29) is 10.5 Å². The summed E-state index contributed by atoms with van der Waals surface area (Å²) in [6, 6.07) is 2.00. The van der Waals surface area contributed by atoms with Crippen LogP contribution in [0.5, 0.6) is 0 Å². The molecule has 1 rings (SSSR count). The van der Waals surface area contributed by atoms with Crippen LogP contribution < -0.4 is 0 Å². The molecule has 0 heterocycles. The van der Waals surface area contributed by atoms with Crippen molar-refractivity contribution in [3.05, 3.63) is 33.8 Å². The topological polar surface area (TPSA) is 20.3 Å². The highest BCUT2D eigenvalue weighted by Gasteiger charge is 2.24. The number of carbonyl (C=O) groups is 1. The van der Waals surface area contributed by atoms with Crippen molar-refractivity contribution in [2.75, 3.05) is 12.4 Å². The van der Waals surface area contributed by atoms with Gasteiger partial charge in [0, 0.05) is 22.9 Å². The molecular formula is C11H11Br2F2NO. The zero-order chi connectivity index (χ0) is 13.2. The first kappa shape index (κ1) is 14.6. The third-order valence-electron chi connectivity index (χ3n) is 2.43. The molecule has 0 radical (unpaired) electrons. The summed E-state index contributed by atoms with van der Waals surface area (Å²) < 4.78 is 27.4. The molecule has 1 unspecified atom stereocenters. The predicted octanol–water partition coefficient (Wildman–Crippen LogP) is 3.58. The molecule has 0 fully saturated rings. The Labute approximate surface area is 115 Å². The average molecular weight is 371 g/mol. The monoisotopic (exact) mass is 369 g/mol. The van der Waals surface area contributed by atoms with Gasteiger partial charge in [-0.1, -0.05) is 31.9 Å². The Morgan fingerprint density at radius 1 is 1.41 bits per heavy atom. The third-order valence-corrected chi connectivity index (χ3v) is 3.82. The van der Waals surface area contributed by atoms with Crippen LogP contribution in [0.1, 0.15) is 17.3 Å². The van der Waals surface area contributed by atoms with E-state index in [1.54, 1.807) is 6.92 Å². The van der Waals surface area contributed by atoms with Crippen LogP contribution in [0.4, 0.5) is 8.78 Å². The molecule has 6 heteroatoms. The summed E-state index contributed by atoms with van der Waals surface area (Å²) in [5, 5.41) is 0.537. The SMILES string of the molecule is CC(CBr)N(C)C(=O)c1c(F)cc(Br)cc1F. The minimum Gasteiger partial charge on any atom is -0.338 e. The Morgan fingerprint density at radius 3 is 2.29 bits per heavy atom. The molecule has 0 bridgehead atoms.